The van der Waals surface area contributed by atoms with Gasteiger partial charge in [-0.05, 0) is 49.1 Å². The zero-order valence-corrected chi connectivity index (χ0v) is 17.1. The molecule has 3 aromatic rings. The van der Waals surface area contributed by atoms with E-state index in [1.807, 2.05) is 54.1 Å². The molecule has 0 fully saturated rings. The number of carbonyl (C=O) groups is 1. The molecule has 0 atom stereocenters. The maximum atomic E-state index is 12.9. The highest BCUT2D eigenvalue weighted by molar-refractivity contribution is 6.37. The average Bonchev–Trinajstić information content (AvgIpc) is 3.02. The topological polar surface area (TPSA) is 31.2 Å². The molecule has 0 aliphatic carbocycles. The SMILES string of the molecule is COCCn1cc(C(=O)CCCc2ccc(C)cc2Cl)c2c(Cl)cccc21. The van der Waals surface area contributed by atoms with E-state index in [0.29, 0.717) is 30.2 Å². The van der Waals surface area contributed by atoms with Crippen LogP contribution in [0.2, 0.25) is 10.0 Å². The zero-order valence-electron chi connectivity index (χ0n) is 15.6. The predicted molar refractivity (Wildman–Crippen MR) is 112 cm³/mol. The highest BCUT2D eigenvalue weighted by Gasteiger charge is 2.17. The van der Waals surface area contributed by atoms with Crippen LogP contribution in [0.25, 0.3) is 10.9 Å². The van der Waals surface area contributed by atoms with Gasteiger partial charge in [-0.1, -0.05) is 41.4 Å². The van der Waals surface area contributed by atoms with Gasteiger partial charge in [-0.3, -0.25) is 4.79 Å². The Morgan fingerprint density at radius 1 is 1.15 bits per heavy atom. The van der Waals surface area contributed by atoms with Gasteiger partial charge < -0.3 is 9.30 Å². The highest BCUT2D eigenvalue weighted by Crippen LogP contribution is 2.30. The van der Waals surface area contributed by atoms with Crippen LogP contribution in [0.3, 0.4) is 0 Å². The van der Waals surface area contributed by atoms with Crippen LogP contribution in [-0.4, -0.2) is 24.1 Å². The molecular formula is C22H23Cl2NO2. The normalized spacial score (nSPS) is 11.3. The van der Waals surface area contributed by atoms with Crippen molar-refractivity contribution >= 4 is 39.9 Å². The number of ketones is 1. The second-order valence-electron chi connectivity index (χ2n) is 6.73. The van der Waals surface area contributed by atoms with Gasteiger partial charge in [-0.25, -0.2) is 0 Å². The summed E-state index contributed by atoms with van der Waals surface area (Å²) in [4.78, 5) is 12.9. The Morgan fingerprint density at radius 2 is 1.96 bits per heavy atom. The first-order chi connectivity index (χ1) is 13.0. The Balaban J connectivity index is 1.77. The van der Waals surface area contributed by atoms with Gasteiger partial charge in [-0.2, -0.15) is 0 Å². The second-order valence-corrected chi connectivity index (χ2v) is 7.55. The number of aromatic nitrogens is 1. The van der Waals surface area contributed by atoms with Gasteiger partial charge in [0.05, 0.1) is 17.1 Å². The third-order valence-electron chi connectivity index (χ3n) is 4.75. The van der Waals surface area contributed by atoms with Crippen molar-refractivity contribution in [2.24, 2.45) is 0 Å². The van der Waals surface area contributed by atoms with Crippen LogP contribution in [0.4, 0.5) is 0 Å². The van der Waals surface area contributed by atoms with Crippen LogP contribution in [0.5, 0.6) is 0 Å². The van der Waals surface area contributed by atoms with Crippen LogP contribution in [0.15, 0.2) is 42.6 Å². The lowest BCUT2D eigenvalue weighted by Gasteiger charge is -2.05. The Morgan fingerprint density at radius 3 is 2.70 bits per heavy atom. The number of aryl methyl sites for hydroxylation is 2. The number of rotatable bonds is 8. The first kappa shape index (κ1) is 19.9. The zero-order chi connectivity index (χ0) is 19.4. The number of hydrogen-bond donors (Lipinski definition) is 0. The summed E-state index contributed by atoms with van der Waals surface area (Å²) in [6.07, 6.45) is 3.88. The molecule has 0 radical (unpaired) electrons. The summed E-state index contributed by atoms with van der Waals surface area (Å²) in [6.45, 7) is 3.28. The molecule has 0 aliphatic heterocycles. The largest absolute Gasteiger partial charge is 0.383 e. The lowest BCUT2D eigenvalue weighted by molar-refractivity contribution is 0.0981. The standard InChI is InChI=1S/C22H23Cl2NO2/c1-15-9-10-16(19(24)13-15)5-3-8-21(26)17-14-25(11-12-27-2)20-7-4-6-18(23)22(17)20/h4,6-7,9-10,13-14H,3,5,8,11-12H2,1-2H3. The van der Waals surface area contributed by atoms with Crippen LogP contribution in [0, 0.1) is 6.92 Å². The molecule has 27 heavy (non-hydrogen) atoms. The van der Waals surface area contributed by atoms with Crippen LogP contribution in [-0.2, 0) is 17.7 Å². The molecule has 0 N–H and O–H groups in total. The molecule has 3 nitrogen and oxygen atoms in total. The van der Waals surface area contributed by atoms with Gasteiger partial charge in [-0.15, -0.1) is 0 Å². The van der Waals surface area contributed by atoms with E-state index in [-0.39, 0.29) is 5.78 Å². The van der Waals surface area contributed by atoms with Crippen LogP contribution in [0.1, 0.15) is 34.3 Å². The highest BCUT2D eigenvalue weighted by atomic mass is 35.5. The summed E-state index contributed by atoms with van der Waals surface area (Å²) in [5.41, 5.74) is 3.86. The number of fused-ring (bicyclic) bond motifs is 1. The van der Waals surface area contributed by atoms with Crippen molar-refractivity contribution in [2.75, 3.05) is 13.7 Å². The fraction of sp³-hybridized carbons (Fsp3) is 0.318. The molecule has 0 amide bonds. The first-order valence-corrected chi connectivity index (χ1v) is 9.81. The Kier molecular flexibility index (Phi) is 6.59. The van der Waals surface area contributed by atoms with Crippen molar-refractivity contribution in [3.63, 3.8) is 0 Å². The first-order valence-electron chi connectivity index (χ1n) is 9.05. The van der Waals surface area contributed by atoms with E-state index in [2.05, 4.69) is 0 Å². The van der Waals surface area contributed by atoms with Gasteiger partial charge in [0.2, 0.25) is 0 Å². The second kappa shape index (κ2) is 8.92. The fourth-order valence-electron chi connectivity index (χ4n) is 3.32. The van der Waals surface area contributed by atoms with Crippen molar-refractivity contribution in [1.29, 1.82) is 0 Å². The van der Waals surface area contributed by atoms with E-state index in [1.165, 1.54) is 0 Å². The molecule has 1 aromatic heterocycles. The maximum absolute atomic E-state index is 12.9. The van der Waals surface area contributed by atoms with Crippen molar-refractivity contribution in [1.82, 2.24) is 4.57 Å². The molecule has 5 heteroatoms. The third kappa shape index (κ3) is 4.55. The molecule has 0 bridgehead atoms. The van der Waals surface area contributed by atoms with E-state index in [4.69, 9.17) is 27.9 Å². The number of carbonyl (C=O) groups excluding carboxylic acids is 1. The van der Waals surface area contributed by atoms with Crippen LogP contribution < -0.4 is 0 Å². The fourth-order valence-corrected chi connectivity index (χ4v) is 3.92. The molecule has 0 unspecified atom stereocenters. The monoisotopic (exact) mass is 403 g/mol. The van der Waals surface area contributed by atoms with Gasteiger partial charge in [0.25, 0.3) is 0 Å². The summed E-state index contributed by atoms with van der Waals surface area (Å²) in [7, 11) is 1.67. The molecule has 0 spiro atoms. The predicted octanol–water partition coefficient (Wildman–Crippen LogP) is 6.11. The van der Waals surface area contributed by atoms with Crippen molar-refractivity contribution in [3.8, 4) is 0 Å². The number of ether oxygens (including phenoxy) is 1. The molecule has 3 rings (SSSR count). The summed E-state index contributed by atoms with van der Waals surface area (Å²) in [6, 6.07) is 11.8. The van der Waals surface area contributed by atoms with Gasteiger partial charge in [0.1, 0.15) is 0 Å². The number of hydrogen-bond acceptors (Lipinski definition) is 2. The van der Waals surface area contributed by atoms with Crippen LogP contribution >= 0.6 is 23.2 Å². The summed E-state index contributed by atoms with van der Waals surface area (Å²) in [5.74, 6) is 0.104. The smallest absolute Gasteiger partial charge is 0.165 e. The van der Waals surface area contributed by atoms with Crippen molar-refractivity contribution in [3.05, 3.63) is 69.3 Å². The lowest BCUT2D eigenvalue weighted by Crippen LogP contribution is -2.03. The summed E-state index contributed by atoms with van der Waals surface area (Å²) in [5, 5.41) is 2.20. The van der Waals surface area contributed by atoms with E-state index in [9.17, 15) is 4.79 Å². The summed E-state index contributed by atoms with van der Waals surface area (Å²) >= 11 is 12.7. The Bertz CT molecular complexity index is 962. The minimum absolute atomic E-state index is 0.104. The minimum atomic E-state index is 0.104. The minimum Gasteiger partial charge on any atom is -0.383 e. The number of nitrogens with zero attached hydrogens (tertiary/aromatic N) is 1. The third-order valence-corrected chi connectivity index (χ3v) is 5.42. The van der Waals surface area contributed by atoms with Crippen molar-refractivity contribution < 1.29 is 9.53 Å². The number of Topliss-reactive ketones (excluding diaryl/α,β-unsaturated/α-hetero) is 1. The lowest BCUT2D eigenvalue weighted by atomic mass is 10.0. The quantitative estimate of drug-likeness (QED) is 0.424. The molecule has 142 valence electrons. The number of methoxy groups -OCH3 is 1. The van der Waals surface area contributed by atoms with E-state index in [1.54, 1.807) is 7.11 Å². The molecule has 0 saturated heterocycles. The molecule has 2 aromatic carbocycles. The van der Waals surface area contributed by atoms with Gasteiger partial charge in [0, 0.05) is 42.2 Å². The number of halogens is 2. The van der Waals surface area contributed by atoms with E-state index < -0.39 is 0 Å². The van der Waals surface area contributed by atoms with Crippen molar-refractivity contribution in [2.45, 2.75) is 32.7 Å². The molecule has 1 heterocycles. The van der Waals surface area contributed by atoms with Gasteiger partial charge in [0.15, 0.2) is 5.78 Å². The summed E-state index contributed by atoms with van der Waals surface area (Å²) < 4.78 is 7.21. The average molecular weight is 404 g/mol. The Hall–Kier alpha value is -1.81. The maximum Gasteiger partial charge on any atom is 0.165 e. The molecule has 0 saturated carbocycles. The Labute approximate surface area is 169 Å². The van der Waals surface area contributed by atoms with E-state index >= 15 is 0 Å². The molecule has 0 aliphatic rings. The number of benzene rings is 2. The van der Waals surface area contributed by atoms with Gasteiger partial charge >= 0.3 is 0 Å². The molecular weight excluding hydrogens is 381 g/mol. The van der Waals surface area contributed by atoms with E-state index in [0.717, 1.165) is 39.9 Å².